The highest BCUT2D eigenvalue weighted by Gasteiger charge is 2.17. The molecule has 0 bridgehead atoms. The number of pyridine rings is 1. The van der Waals surface area contributed by atoms with Gasteiger partial charge in [0.05, 0.1) is 25.2 Å². The number of likely N-dealkylation sites (N-methyl/N-ethyl adjacent to an activating group) is 1. The largest absolute Gasteiger partial charge is 0.496 e. The summed E-state index contributed by atoms with van der Waals surface area (Å²) < 4.78 is 7.50. The lowest BCUT2D eigenvalue weighted by Crippen LogP contribution is -2.22. The van der Waals surface area contributed by atoms with E-state index in [0.29, 0.717) is 0 Å². The van der Waals surface area contributed by atoms with Crippen LogP contribution in [0.25, 0.3) is 0 Å². The maximum absolute atomic E-state index is 5.47. The third kappa shape index (κ3) is 2.67. The van der Waals surface area contributed by atoms with Crippen LogP contribution in [0.3, 0.4) is 0 Å². The van der Waals surface area contributed by atoms with Gasteiger partial charge in [0.15, 0.2) is 0 Å². The molecule has 0 spiro atoms. The molecule has 20 heavy (non-hydrogen) atoms. The van der Waals surface area contributed by atoms with Crippen LogP contribution in [0.5, 0.6) is 5.75 Å². The molecule has 0 radical (unpaired) electrons. The summed E-state index contributed by atoms with van der Waals surface area (Å²) in [5.74, 6) is 0.926. The van der Waals surface area contributed by atoms with Crippen molar-refractivity contribution in [1.82, 2.24) is 19.9 Å². The number of imidazole rings is 1. The van der Waals surface area contributed by atoms with Crippen LogP contribution in [-0.2, 0) is 13.5 Å². The smallest absolute Gasteiger partial charge is 0.128 e. The van der Waals surface area contributed by atoms with Crippen molar-refractivity contribution < 1.29 is 4.74 Å². The van der Waals surface area contributed by atoms with Crippen molar-refractivity contribution in [3.8, 4) is 5.75 Å². The predicted molar refractivity (Wildman–Crippen MR) is 79.0 cm³/mol. The summed E-state index contributed by atoms with van der Waals surface area (Å²) in [6, 6.07) is 0.182. The molecule has 5 heteroatoms. The Labute approximate surface area is 120 Å². The Balaban J connectivity index is 2.31. The van der Waals surface area contributed by atoms with Gasteiger partial charge in [-0.05, 0) is 20.9 Å². The fraction of sp³-hybridized carbons (Fsp3) is 0.467. The van der Waals surface area contributed by atoms with Crippen molar-refractivity contribution in [3.63, 3.8) is 0 Å². The highest BCUT2D eigenvalue weighted by atomic mass is 16.5. The van der Waals surface area contributed by atoms with E-state index in [0.717, 1.165) is 34.7 Å². The minimum Gasteiger partial charge on any atom is -0.496 e. The topological polar surface area (TPSA) is 52.0 Å². The Morgan fingerprint density at radius 2 is 2.10 bits per heavy atom. The van der Waals surface area contributed by atoms with E-state index < -0.39 is 0 Å². The number of methoxy groups -OCH3 is 1. The molecule has 0 saturated heterocycles. The monoisotopic (exact) mass is 274 g/mol. The van der Waals surface area contributed by atoms with Crippen LogP contribution in [0, 0.1) is 13.8 Å². The molecule has 108 valence electrons. The third-order valence-corrected chi connectivity index (χ3v) is 3.71. The molecule has 0 aromatic carbocycles. The number of nitrogens with zero attached hydrogens (tertiary/aromatic N) is 3. The summed E-state index contributed by atoms with van der Waals surface area (Å²) in [6.07, 6.45) is 6.38. The van der Waals surface area contributed by atoms with Crippen molar-refractivity contribution >= 4 is 0 Å². The fourth-order valence-corrected chi connectivity index (χ4v) is 2.53. The number of nitrogens with one attached hydrogen (secondary N) is 1. The Bertz CT molecular complexity index is 592. The van der Waals surface area contributed by atoms with Gasteiger partial charge in [0, 0.05) is 42.7 Å². The van der Waals surface area contributed by atoms with Crippen LogP contribution < -0.4 is 10.1 Å². The van der Waals surface area contributed by atoms with E-state index in [1.165, 1.54) is 0 Å². The molecule has 0 amide bonds. The number of hydrogen-bond donors (Lipinski definition) is 1. The second-order valence-corrected chi connectivity index (χ2v) is 5.02. The van der Waals surface area contributed by atoms with Gasteiger partial charge in [-0.15, -0.1) is 0 Å². The van der Waals surface area contributed by atoms with Crippen LogP contribution in [0.15, 0.2) is 18.7 Å². The average Bonchev–Trinajstić information content (AvgIpc) is 2.85. The standard InChI is InChI=1S/C15H22N4O/c1-10-7-18-12(11(2)15(10)20-5)6-13(16-3)14-8-17-9-19(14)4/h7-9,13,16H,6H2,1-5H3. The number of aryl methyl sites for hydroxylation is 2. The minimum atomic E-state index is 0.182. The highest BCUT2D eigenvalue weighted by molar-refractivity contribution is 5.41. The van der Waals surface area contributed by atoms with E-state index in [4.69, 9.17) is 4.74 Å². The lowest BCUT2D eigenvalue weighted by molar-refractivity contribution is 0.406. The first kappa shape index (κ1) is 14.5. The molecule has 5 nitrogen and oxygen atoms in total. The van der Waals surface area contributed by atoms with Gasteiger partial charge in [-0.2, -0.15) is 0 Å². The van der Waals surface area contributed by atoms with Crippen LogP contribution in [0.1, 0.15) is 28.6 Å². The SMILES string of the molecule is CNC(Cc1ncc(C)c(OC)c1C)c1cncn1C. The first-order valence-electron chi connectivity index (χ1n) is 6.71. The molecule has 0 fully saturated rings. The molecule has 2 aromatic rings. The van der Waals surface area contributed by atoms with Crippen molar-refractivity contribution in [3.05, 3.63) is 41.2 Å². The Morgan fingerprint density at radius 1 is 1.35 bits per heavy atom. The van der Waals surface area contributed by atoms with E-state index in [1.54, 1.807) is 7.11 Å². The number of aromatic nitrogens is 3. The first-order chi connectivity index (χ1) is 9.58. The van der Waals surface area contributed by atoms with Gasteiger partial charge in [0.2, 0.25) is 0 Å². The summed E-state index contributed by atoms with van der Waals surface area (Å²) in [7, 11) is 5.66. The van der Waals surface area contributed by atoms with Crippen molar-refractivity contribution in [1.29, 1.82) is 0 Å². The van der Waals surface area contributed by atoms with Gasteiger partial charge in [0.25, 0.3) is 0 Å². The lowest BCUT2D eigenvalue weighted by atomic mass is 10.0. The zero-order valence-corrected chi connectivity index (χ0v) is 12.8. The quantitative estimate of drug-likeness (QED) is 0.905. The molecule has 0 aliphatic rings. The van der Waals surface area contributed by atoms with Crippen LogP contribution in [0.4, 0.5) is 0 Å². The van der Waals surface area contributed by atoms with Crippen LogP contribution in [0.2, 0.25) is 0 Å². The maximum atomic E-state index is 5.47. The van der Waals surface area contributed by atoms with Gasteiger partial charge in [-0.25, -0.2) is 4.98 Å². The zero-order valence-electron chi connectivity index (χ0n) is 12.8. The van der Waals surface area contributed by atoms with Gasteiger partial charge < -0.3 is 14.6 Å². The second kappa shape index (κ2) is 6.05. The molecule has 0 saturated carbocycles. The van der Waals surface area contributed by atoms with Crippen LogP contribution in [-0.4, -0.2) is 28.7 Å². The summed E-state index contributed by atoms with van der Waals surface area (Å²) in [4.78, 5) is 8.74. The Hall–Kier alpha value is -1.88. The average molecular weight is 274 g/mol. The molecule has 0 aliphatic carbocycles. The highest BCUT2D eigenvalue weighted by Crippen LogP contribution is 2.27. The van der Waals surface area contributed by atoms with Crippen molar-refractivity contribution in [2.45, 2.75) is 26.3 Å². The van der Waals surface area contributed by atoms with E-state index in [1.807, 2.05) is 44.3 Å². The third-order valence-electron chi connectivity index (χ3n) is 3.71. The molecular formula is C15H22N4O. The second-order valence-electron chi connectivity index (χ2n) is 5.02. The Kier molecular flexibility index (Phi) is 4.39. The lowest BCUT2D eigenvalue weighted by Gasteiger charge is -2.19. The van der Waals surface area contributed by atoms with E-state index in [-0.39, 0.29) is 6.04 Å². The van der Waals surface area contributed by atoms with Crippen molar-refractivity contribution in [2.24, 2.45) is 7.05 Å². The summed E-state index contributed by atoms with van der Waals surface area (Å²) >= 11 is 0. The fourth-order valence-electron chi connectivity index (χ4n) is 2.53. The molecule has 1 unspecified atom stereocenters. The predicted octanol–water partition coefficient (Wildman–Crippen LogP) is 1.94. The summed E-state index contributed by atoms with van der Waals surface area (Å²) in [5.41, 5.74) is 4.37. The maximum Gasteiger partial charge on any atom is 0.128 e. The molecule has 0 aliphatic heterocycles. The number of ether oxygens (including phenoxy) is 1. The first-order valence-corrected chi connectivity index (χ1v) is 6.71. The summed E-state index contributed by atoms with van der Waals surface area (Å²) in [5, 5.41) is 3.33. The summed E-state index contributed by atoms with van der Waals surface area (Å²) in [6.45, 7) is 4.07. The van der Waals surface area contributed by atoms with Gasteiger partial charge in [-0.1, -0.05) is 0 Å². The van der Waals surface area contributed by atoms with E-state index in [2.05, 4.69) is 22.2 Å². The zero-order chi connectivity index (χ0) is 14.7. The number of rotatable bonds is 5. The number of hydrogen-bond acceptors (Lipinski definition) is 4. The molecule has 2 rings (SSSR count). The minimum absolute atomic E-state index is 0.182. The van der Waals surface area contributed by atoms with Gasteiger partial charge >= 0.3 is 0 Å². The van der Waals surface area contributed by atoms with Gasteiger partial charge in [0.1, 0.15) is 5.75 Å². The van der Waals surface area contributed by atoms with Crippen molar-refractivity contribution in [2.75, 3.05) is 14.2 Å². The molecule has 1 atom stereocenters. The Morgan fingerprint density at radius 3 is 2.65 bits per heavy atom. The molecule has 2 aromatic heterocycles. The normalized spacial score (nSPS) is 12.4. The van der Waals surface area contributed by atoms with E-state index in [9.17, 15) is 0 Å². The van der Waals surface area contributed by atoms with E-state index >= 15 is 0 Å². The molecule has 2 heterocycles. The van der Waals surface area contributed by atoms with Gasteiger partial charge in [-0.3, -0.25) is 4.98 Å². The molecular weight excluding hydrogens is 252 g/mol. The molecule has 1 N–H and O–H groups in total. The van der Waals surface area contributed by atoms with Crippen LogP contribution >= 0.6 is 0 Å².